The summed E-state index contributed by atoms with van der Waals surface area (Å²) in [6.07, 6.45) is 5.14. The Morgan fingerprint density at radius 3 is 2.87 bits per heavy atom. The Morgan fingerprint density at radius 1 is 1.30 bits per heavy atom. The minimum Gasteiger partial charge on any atom is -0.371 e. The molecule has 1 aromatic carbocycles. The lowest BCUT2D eigenvalue weighted by Gasteiger charge is -2.18. The molecule has 1 saturated carbocycles. The van der Waals surface area contributed by atoms with E-state index in [0.29, 0.717) is 17.5 Å². The molecule has 1 N–H and O–H groups in total. The molecule has 0 spiro atoms. The lowest BCUT2D eigenvalue weighted by molar-refractivity contribution is -0.117. The van der Waals surface area contributed by atoms with E-state index >= 15 is 0 Å². The molecule has 2 fully saturated rings. The Balaban J connectivity index is 1.52. The van der Waals surface area contributed by atoms with E-state index in [4.69, 9.17) is 11.6 Å². The molecule has 23 heavy (non-hydrogen) atoms. The maximum atomic E-state index is 12.7. The number of carbonyl (C=O) groups excluding carboxylic acids is 1. The third kappa shape index (κ3) is 2.81. The number of amides is 1. The summed E-state index contributed by atoms with van der Waals surface area (Å²) < 4.78 is 1.82. The van der Waals surface area contributed by atoms with E-state index in [9.17, 15) is 4.79 Å². The quantitative estimate of drug-likeness (QED) is 0.936. The number of anilines is 2. The predicted molar refractivity (Wildman–Crippen MR) is 91.0 cm³/mol. The van der Waals surface area contributed by atoms with Gasteiger partial charge in [0.25, 0.3) is 0 Å². The van der Waals surface area contributed by atoms with Gasteiger partial charge in [-0.2, -0.15) is 5.10 Å². The molecule has 1 unspecified atom stereocenters. The molecule has 120 valence electrons. The third-order valence-corrected chi connectivity index (χ3v) is 4.71. The molecule has 0 radical (unpaired) electrons. The number of aryl methyl sites for hydroxylation is 1. The van der Waals surface area contributed by atoms with Crippen molar-refractivity contribution in [2.75, 3.05) is 16.8 Å². The van der Waals surface area contributed by atoms with Gasteiger partial charge in [-0.05, 0) is 37.5 Å². The molecule has 1 aliphatic heterocycles. The van der Waals surface area contributed by atoms with E-state index in [1.165, 1.54) is 12.8 Å². The van der Waals surface area contributed by atoms with Gasteiger partial charge in [0.05, 0.1) is 11.4 Å². The number of benzene rings is 1. The monoisotopic (exact) mass is 330 g/mol. The van der Waals surface area contributed by atoms with Crippen LogP contribution in [0.2, 0.25) is 5.02 Å². The summed E-state index contributed by atoms with van der Waals surface area (Å²) in [6.45, 7) is 0.704. The number of hydrogen-bond acceptors (Lipinski definition) is 3. The highest BCUT2D eigenvalue weighted by Gasteiger charge is 2.35. The van der Waals surface area contributed by atoms with Crippen molar-refractivity contribution in [3.8, 4) is 0 Å². The Labute approximate surface area is 140 Å². The number of nitrogens with one attached hydrogen (secondary N) is 1. The largest absolute Gasteiger partial charge is 0.371 e. The second-order valence-corrected chi connectivity index (χ2v) is 6.77. The minimum atomic E-state index is -0.198. The second-order valence-electron chi connectivity index (χ2n) is 6.33. The van der Waals surface area contributed by atoms with Crippen molar-refractivity contribution in [2.45, 2.75) is 31.2 Å². The molecular formula is C17H19ClN4O. The first kappa shape index (κ1) is 14.6. The molecule has 5 nitrogen and oxygen atoms in total. The average Bonchev–Trinajstić information content (AvgIpc) is 3.21. The molecule has 1 saturated heterocycles. The lowest BCUT2D eigenvalue weighted by Crippen LogP contribution is -2.33. The van der Waals surface area contributed by atoms with Gasteiger partial charge in [0.2, 0.25) is 5.91 Å². The molecule has 1 aliphatic carbocycles. The van der Waals surface area contributed by atoms with Gasteiger partial charge in [-0.3, -0.25) is 9.48 Å². The number of halogens is 1. The van der Waals surface area contributed by atoms with Crippen LogP contribution in [0.4, 0.5) is 11.4 Å². The highest BCUT2D eigenvalue weighted by Crippen LogP contribution is 2.42. The smallest absolute Gasteiger partial charge is 0.249 e. The first-order chi connectivity index (χ1) is 11.1. The average molecular weight is 331 g/mol. The molecule has 1 amide bonds. The van der Waals surface area contributed by atoms with Gasteiger partial charge in [-0.15, -0.1) is 0 Å². The van der Waals surface area contributed by atoms with Gasteiger partial charge in [0.15, 0.2) is 0 Å². The first-order valence-corrected chi connectivity index (χ1v) is 8.36. The van der Waals surface area contributed by atoms with Crippen LogP contribution in [0.5, 0.6) is 0 Å². The standard InChI is InChI=1S/C17H19ClN4O/c1-21-10-15(16(20-21)11-5-6-11)19-14-7-8-22(17(14)23)13-4-2-3-12(18)9-13/h2-4,9-11,14,19H,5-8H2,1H3. The third-order valence-electron chi connectivity index (χ3n) is 4.48. The van der Waals surface area contributed by atoms with Crippen LogP contribution >= 0.6 is 11.6 Å². The summed E-state index contributed by atoms with van der Waals surface area (Å²) in [5, 5.41) is 8.60. The maximum Gasteiger partial charge on any atom is 0.249 e. The molecule has 2 aromatic rings. The zero-order valence-corrected chi connectivity index (χ0v) is 13.8. The van der Waals surface area contributed by atoms with Crippen molar-refractivity contribution in [1.82, 2.24) is 9.78 Å². The predicted octanol–water partition coefficient (Wildman–Crippen LogP) is 3.17. The van der Waals surface area contributed by atoms with Crippen LogP contribution in [0.15, 0.2) is 30.5 Å². The fourth-order valence-electron chi connectivity index (χ4n) is 3.18. The number of hydrogen-bond donors (Lipinski definition) is 1. The van der Waals surface area contributed by atoms with Gasteiger partial charge in [0.1, 0.15) is 6.04 Å². The van der Waals surface area contributed by atoms with Gasteiger partial charge >= 0.3 is 0 Å². The van der Waals surface area contributed by atoms with Crippen LogP contribution < -0.4 is 10.2 Å². The lowest BCUT2D eigenvalue weighted by atomic mass is 10.2. The second kappa shape index (κ2) is 5.57. The summed E-state index contributed by atoms with van der Waals surface area (Å²) in [7, 11) is 1.92. The van der Waals surface area contributed by atoms with Crippen LogP contribution in [0.25, 0.3) is 0 Å². The zero-order chi connectivity index (χ0) is 16.0. The number of carbonyl (C=O) groups is 1. The summed E-state index contributed by atoms with van der Waals surface area (Å²) in [5.41, 5.74) is 2.96. The summed E-state index contributed by atoms with van der Waals surface area (Å²) >= 11 is 6.04. The Morgan fingerprint density at radius 2 is 2.13 bits per heavy atom. The van der Waals surface area contributed by atoms with Crippen molar-refractivity contribution >= 4 is 28.9 Å². The van der Waals surface area contributed by atoms with E-state index in [1.54, 1.807) is 4.90 Å². The van der Waals surface area contributed by atoms with E-state index in [2.05, 4.69) is 10.4 Å². The van der Waals surface area contributed by atoms with Crippen LogP contribution in [0.3, 0.4) is 0 Å². The normalized spacial score (nSPS) is 21.0. The fourth-order valence-corrected chi connectivity index (χ4v) is 3.36. The zero-order valence-electron chi connectivity index (χ0n) is 13.0. The van der Waals surface area contributed by atoms with Crippen LogP contribution in [-0.2, 0) is 11.8 Å². The van der Waals surface area contributed by atoms with Crippen molar-refractivity contribution in [2.24, 2.45) is 7.05 Å². The first-order valence-electron chi connectivity index (χ1n) is 7.99. The SMILES string of the molecule is Cn1cc(NC2CCN(c3cccc(Cl)c3)C2=O)c(C2CC2)n1. The molecule has 1 aromatic heterocycles. The molecule has 0 bridgehead atoms. The fraction of sp³-hybridized carbons (Fsp3) is 0.412. The van der Waals surface area contributed by atoms with Crippen LogP contribution in [-0.4, -0.2) is 28.3 Å². The topological polar surface area (TPSA) is 50.2 Å². The number of rotatable bonds is 4. The molecule has 6 heteroatoms. The number of nitrogens with zero attached hydrogens (tertiary/aromatic N) is 3. The highest BCUT2D eigenvalue weighted by molar-refractivity contribution is 6.31. The Hall–Kier alpha value is -2.01. The van der Waals surface area contributed by atoms with E-state index in [-0.39, 0.29) is 11.9 Å². The van der Waals surface area contributed by atoms with Gasteiger partial charge in [-0.25, -0.2) is 0 Å². The van der Waals surface area contributed by atoms with Gasteiger partial charge in [-0.1, -0.05) is 17.7 Å². The molecular weight excluding hydrogens is 312 g/mol. The molecule has 1 atom stereocenters. The molecule has 2 heterocycles. The highest BCUT2D eigenvalue weighted by atomic mass is 35.5. The molecule has 4 rings (SSSR count). The Kier molecular flexibility index (Phi) is 3.53. The molecule has 2 aliphatic rings. The van der Waals surface area contributed by atoms with Crippen molar-refractivity contribution in [3.05, 3.63) is 41.2 Å². The van der Waals surface area contributed by atoms with E-state index in [1.807, 2.05) is 42.2 Å². The number of aromatic nitrogens is 2. The van der Waals surface area contributed by atoms with Crippen molar-refractivity contribution < 1.29 is 4.79 Å². The Bertz CT molecular complexity index is 753. The maximum absolute atomic E-state index is 12.7. The van der Waals surface area contributed by atoms with E-state index < -0.39 is 0 Å². The van der Waals surface area contributed by atoms with Crippen molar-refractivity contribution in [1.29, 1.82) is 0 Å². The van der Waals surface area contributed by atoms with Gasteiger partial charge in [0, 0.05) is 36.4 Å². The minimum absolute atomic E-state index is 0.0952. The summed E-state index contributed by atoms with van der Waals surface area (Å²) in [4.78, 5) is 14.5. The van der Waals surface area contributed by atoms with Crippen LogP contribution in [0.1, 0.15) is 30.9 Å². The summed E-state index contributed by atoms with van der Waals surface area (Å²) in [5.74, 6) is 0.650. The van der Waals surface area contributed by atoms with Gasteiger partial charge < -0.3 is 10.2 Å². The summed E-state index contributed by atoms with van der Waals surface area (Å²) in [6, 6.07) is 7.25. The van der Waals surface area contributed by atoms with Crippen molar-refractivity contribution in [3.63, 3.8) is 0 Å². The van der Waals surface area contributed by atoms with E-state index in [0.717, 1.165) is 23.5 Å². The van der Waals surface area contributed by atoms with Crippen LogP contribution in [0, 0.1) is 0 Å².